The van der Waals surface area contributed by atoms with Crippen LogP contribution in [0.25, 0.3) is 0 Å². The van der Waals surface area contributed by atoms with Crippen molar-refractivity contribution in [2.24, 2.45) is 0 Å². The molecule has 1 fully saturated rings. The number of rotatable bonds is 3. The fourth-order valence-electron chi connectivity index (χ4n) is 2.20. The number of methoxy groups -OCH3 is 1. The van der Waals surface area contributed by atoms with E-state index in [1.807, 2.05) is 0 Å². The predicted molar refractivity (Wildman–Crippen MR) is 78.4 cm³/mol. The van der Waals surface area contributed by atoms with E-state index in [0.717, 1.165) is 4.47 Å². The van der Waals surface area contributed by atoms with E-state index >= 15 is 0 Å². The highest BCUT2D eigenvalue weighted by Crippen LogP contribution is 2.38. The van der Waals surface area contributed by atoms with Crippen molar-refractivity contribution in [3.8, 4) is 11.5 Å². The highest BCUT2D eigenvalue weighted by Gasteiger charge is 2.25. The summed E-state index contributed by atoms with van der Waals surface area (Å²) < 4.78 is 12.0. The lowest BCUT2D eigenvalue weighted by molar-refractivity contribution is 0.0882. The molecule has 110 valence electrons. The molecule has 1 saturated heterocycles. The van der Waals surface area contributed by atoms with E-state index in [-0.39, 0.29) is 6.10 Å². The average Bonchev–Trinajstić information content (AvgIpc) is 2.42. The van der Waals surface area contributed by atoms with Crippen molar-refractivity contribution >= 4 is 27.7 Å². The number of nitrogens with zero attached hydrogens (tertiary/aromatic N) is 1. The first kappa shape index (κ1) is 14.8. The van der Waals surface area contributed by atoms with Crippen LogP contribution >= 0.6 is 15.9 Å². The zero-order chi connectivity index (χ0) is 14.7. The van der Waals surface area contributed by atoms with Crippen molar-refractivity contribution in [3.05, 3.63) is 16.6 Å². The number of halogens is 1. The van der Waals surface area contributed by atoms with Crippen LogP contribution in [0, 0.1) is 0 Å². The van der Waals surface area contributed by atoms with Crippen molar-refractivity contribution in [3.63, 3.8) is 0 Å². The summed E-state index contributed by atoms with van der Waals surface area (Å²) in [6.07, 6.45) is 0.350. The molecule has 0 aliphatic carbocycles. The number of ether oxygens (including phenoxy) is 2. The van der Waals surface area contributed by atoms with Crippen molar-refractivity contribution in [1.82, 2.24) is 4.90 Å². The van der Waals surface area contributed by atoms with Gasteiger partial charge in [-0.3, -0.25) is 0 Å². The molecule has 1 aromatic rings. The Morgan fingerprint density at radius 2 is 2.10 bits per heavy atom. The van der Waals surface area contributed by atoms with Gasteiger partial charge >= 0.3 is 6.09 Å². The Labute approximate surface area is 125 Å². The van der Waals surface area contributed by atoms with E-state index < -0.39 is 6.09 Å². The van der Waals surface area contributed by atoms with E-state index in [2.05, 4.69) is 15.9 Å². The molecular weight excluding hydrogens is 328 g/mol. The van der Waals surface area contributed by atoms with Crippen LogP contribution in [-0.4, -0.2) is 42.4 Å². The molecule has 0 unspecified atom stereocenters. The van der Waals surface area contributed by atoms with E-state index in [0.29, 0.717) is 43.1 Å². The molecule has 1 heterocycles. The van der Waals surface area contributed by atoms with Gasteiger partial charge in [-0.25, -0.2) is 4.79 Å². The van der Waals surface area contributed by atoms with Crippen molar-refractivity contribution in [1.29, 1.82) is 0 Å². The van der Waals surface area contributed by atoms with Gasteiger partial charge in [-0.05, 0) is 12.1 Å². The van der Waals surface area contributed by atoms with Gasteiger partial charge in [-0.2, -0.15) is 0 Å². The Morgan fingerprint density at radius 1 is 1.45 bits per heavy atom. The monoisotopic (exact) mass is 344 g/mol. The quantitative estimate of drug-likeness (QED) is 0.823. The number of benzene rings is 1. The van der Waals surface area contributed by atoms with Crippen molar-refractivity contribution in [2.45, 2.75) is 18.9 Å². The molecule has 2 rings (SSSR count). The standard InChI is InChI=1S/C13H17BrN2O4/c1-19-11-7-8(14)6-10(15)12(11)20-9-2-4-16(5-3-9)13(17)18/h6-7,9H,2-5,15H2,1H3,(H,17,18). The molecule has 0 bridgehead atoms. The minimum atomic E-state index is -0.885. The average molecular weight is 345 g/mol. The number of anilines is 1. The fraction of sp³-hybridized carbons (Fsp3) is 0.462. The number of nitrogens with two attached hydrogens (primary N) is 1. The zero-order valence-corrected chi connectivity index (χ0v) is 12.7. The molecule has 1 aliphatic rings. The summed E-state index contributed by atoms with van der Waals surface area (Å²) in [5, 5.41) is 8.91. The lowest BCUT2D eigenvalue weighted by Crippen LogP contribution is -2.41. The number of hydrogen-bond donors (Lipinski definition) is 2. The first-order valence-corrected chi connectivity index (χ1v) is 7.08. The van der Waals surface area contributed by atoms with Crippen molar-refractivity contribution < 1.29 is 19.4 Å². The first-order chi connectivity index (χ1) is 9.51. The van der Waals surface area contributed by atoms with E-state index in [4.69, 9.17) is 20.3 Å². The fourth-order valence-corrected chi connectivity index (χ4v) is 2.65. The molecule has 1 aliphatic heterocycles. The van der Waals surface area contributed by atoms with Gasteiger partial charge in [0.1, 0.15) is 6.10 Å². The van der Waals surface area contributed by atoms with Gasteiger partial charge in [-0.1, -0.05) is 15.9 Å². The van der Waals surface area contributed by atoms with Gasteiger partial charge in [0.15, 0.2) is 11.5 Å². The third-order valence-electron chi connectivity index (χ3n) is 3.27. The van der Waals surface area contributed by atoms with Gasteiger partial charge < -0.3 is 25.2 Å². The lowest BCUT2D eigenvalue weighted by Gasteiger charge is -2.30. The van der Waals surface area contributed by atoms with E-state index in [9.17, 15) is 4.79 Å². The number of piperidine rings is 1. The Balaban J connectivity index is 2.06. The smallest absolute Gasteiger partial charge is 0.407 e. The van der Waals surface area contributed by atoms with Gasteiger partial charge in [0.25, 0.3) is 0 Å². The van der Waals surface area contributed by atoms with Crippen LogP contribution in [0.15, 0.2) is 16.6 Å². The maximum absolute atomic E-state index is 10.9. The first-order valence-electron chi connectivity index (χ1n) is 6.28. The van der Waals surface area contributed by atoms with Crippen LogP contribution in [-0.2, 0) is 0 Å². The number of nitrogen functional groups attached to an aromatic ring is 1. The van der Waals surface area contributed by atoms with Crippen LogP contribution in [0.1, 0.15) is 12.8 Å². The lowest BCUT2D eigenvalue weighted by atomic mass is 10.1. The summed E-state index contributed by atoms with van der Waals surface area (Å²) in [6.45, 7) is 0.942. The minimum Gasteiger partial charge on any atom is -0.493 e. The number of hydrogen-bond acceptors (Lipinski definition) is 4. The molecule has 6 nitrogen and oxygen atoms in total. The van der Waals surface area contributed by atoms with Gasteiger partial charge in [-0.15, -0.1) is 0 Å². The summed E-state index contributed by atoms with van der Waals surface area (Å²) in [5.41, 5.74) is 6.45. The van der Waals surface area contributed by atoms with Crippen LogP contribution < -0.4 is 15.2 Å². The van der Waals surface area contributed by atoms with E-state index in [1.54, 1.807) is 19.2 Å². The Morgan fingerprint density at radius 3 is 2.65 bits per heavy atom. The Hall–Kier alpha value is -1.63. The summed E-state index contributed by atoms with van der Waals surface area (Å²) in [6, 6.07) is 3.54. The largest absolute Gasteiger partial charge is 0.493 e. The second kappa shape index (κ2) is 6.21. The van der Waals surface area contributed by atoms with Gasteiger partial charge in [0, 0.05) is 30.4 Å². The zero-order valence-electron chi connectivity index (χ0n) is 11.1. The molecule has 0 saturated carbocycles. The molecule has 3 N–H and O–H groups in total. The summed E-state index contributed by atoms with van der Waals surface area (Å²) in [7, 11) is 1.56. The molecular formula is C13H17BrN2O4. The second-order valence-corrected chi connectivity index (χ2v) is 5.53. The number of carboxylic acid groups (broad SMARTS) is 1. The Bertz CT molecular complexity index is 501. The highest BCUT2D eigenvalue weighted by molar-refractivity contribution is 9.10. The highest BCUT2D eigenvalue weighted by atomic mass is 79.9. The maximum atomic E-state index is 10.9. The normalized spacial score (nSPS) is 16.0. The number of amides is 1. The van der Waals surface area contributed by atoms with Crippen LogP contribution in [0.3, 0.4) is 0 Å². The minimum absolute atomic E-state index is 0.0528. The summed E-state index contributed by atoms with van der Waals surface area (Å²) >= 11 is 3.35. The van der Waals surface area contributed by atoms with Crippen LogP contribution in [0.2, 0.25) is 0 Å². The Kier molecular flexibility index (Phi) is 4.59. The molecule has 1 aromatic carbocycles. The van der Waals surface area contributed by atoms with Crippen LogP contribution in [0.5, 0.6) is 11.5 Å². The van der Waals surface area contributed by atoms with Crippen molar-refractivity contribution in [2.75, 3.05) is 25.9 Å². The second-order valence-electron chi connectivity index (χ2n) is 4.61. The third-order valence-corrected chi connectivity index (χ3v) is 3.72. The summed E-state index contributed by atoms with van der Waals surface area (Å²) in [5.74, 6) is 1.09. The molecule has 0 radical (unpaired) electrons. The SMILES string of the molecule is COc1cc(Br)cc(N)c1OC1CCN(C(=O)O)CC1. The number of carbonyl (C=O) groups is 1. The van der Waals surface area contributed by atoms with Gasteiger partial charge in [0.05, 0.1) is 12.8 Å². The molecule has 1 amide bonds. The number of likely N-dealkylation sites (tertiary alicyclic amines) is 1. The van der Waals surface area contributed by atoms with E-state index in [1.165, 1.54) is 4.90 Å². The third kappa shape index (κ3) is 3.27. The predicted octanol–water partition coefficient (Wildman–Crippen LogP) is 2.56. The molecule has 0 spiro atoms. The molecule has 0 aromatic heterocycles. The molecule has 20 heavy (non-hydrogen) atoms. The van der Waals surface area contributed by atoms with Gasteiger partial charge in [0.2, 0.25) is 0 Å². The summed E-state index contributed by atoms with van der Waals surface area (Å²) in [4.78, 5) is 12.2. The van der Waals surface area contributed by atoms with Crippen LogP contribution in [0.4, 0.5) is 10.5 Å². The molecule has 7 heteroatoms. The topological polar surface area (TPSA) is 85.0 Å². The maximum Gasteiger partial charge on any atom is 0.407 e. The molecule has 0 atom stereocenters.